The molecule has 7 nitrogen and oxygen atoms in total. The van der Waals surface area contributed by atoms with Crippen molar-refractivity contribution in [1.29, 1.82) is 0 Å². The molecule has 1 saturated heterocycles. The first-order chi connectivity index (χ1) is 14.7. The van der Waals surface area contributed by atoms with Gasteiger partial charge in [-0.1, -0.05) is 25.7 Å². The van der Waals surface area contributed by atoms with Crippen LogP contribution in [0.1, 0.15) is 58.3 Å². The highest BCUT2D eigenvalue weighted by Gasteiger charge is 2.28. The lowest BCUT2D eigenvalue weighted by Crippen LogP contribution is -2.38. The van der Waals surface area contributed by atoms with Gasteiger partial charge in [0.25, 0.3) is 0 Å². The van der Waals surface area contributed by atoms with Crippen molar-refractivity contribution < 1.29 is 4.74 Å². The van der Waals surface area contributed by atoms with Crippen LogP contribution in [0.4, 0.5) is 11.8 Å². The molecule has 0 amide bonds. The molecule has 1 unspecified atom stereocenters. The fourth-order valence-corrected chi connectivity index (χ4v) is 5.34. The Morgan fingerprint density at radius 1 is 1.03 bits per heavy atom. The Bertz CT molecular complexity index is 870. The molecule has 30 heavy (non-hydrogen) atoms. The Kier molecular flexibility index (Phi) is 6.01. The zero-order valence-corrected chi connectivity index (χ0v) is 18.7. The number of hydrogen-bond donors (Lipinski definition) is 1. The second-order valence-electron chi connectivity index (χ2n) is 9.26. The minimum Gasteiger partial charge on any atom is -0.378 e. The Morgan fingerprint density at radius 3 is 2.50 bits per heavy atom. The van der Waals surface area contributed by atoms with Crippen LogP contribution in [-0.2, 0) is 11.3 Å². The first-order valence-corrected chi connectivity index (χ1v) is 12.1. The number of aromatic nitrogens is 4. The van der Waals surface area contributed by atoms with Crippen molar-refractivity contribution in [3.8, 4) is 0 Å². The summed E-state index contributed by atoms with van der Waals surface area (Å²) < 4.78 is 7.96. The Balaban J connectivity index is 1.55. The number of nitrogens with one attached hydrogen (secondary N) is 1. The molecule has 3 fully saturated rings. The molecule has 3 heterocycles. The number of ether oxygens (including phenoxy) is 1. The Morgan fingerprint density at radius 2 is 1.80 bits per heavy atom. The highest BCUT2D eigenvalue weighted by Crippen LogP contribution is 2.35. The summed E-state index contributed by atoms with van der Waals surface area (Å²) in [6.07, 6.45) is 10.5. The van der Waals surface area contributed by atoms with Gasteiger partial charge in [0, 0.05) is 25.7 Å². The van der Waals surface area contributed by atoms with Gasteiger partial charge < -0.3 is 19.5 Å². The van der Waals surface area contributed by atoms with E-state index in [2.05, 4.69) is 31.7 Å². The number of nitrogens with zero attached hydrogens (tertiary/aromatic N) is 5. The summed E-state index contributed by atoms with van der Waals surface area (Å²) >= 11 is 6.33. The lowest BCUT2D eigenvalue weighted by molar-refractivity contribution is 0.121. The first kappa shape index (κ1) is 20.3. The van der Waals surface area contributed by atoms with Gasteiger partial charge in [-0.05, 0) is 56.0 Å². The van der Waals surface area contributed by atoms with Gasteiger partial charge in [0.1, 0.15) is 5.52 Å². The summed E-state index contributed by atoms with van der Waals surface area (Å²) in [4.78, 5) is 16.5. The monoisotopic (exact) mass is 432 g/mol. The van der Waals surface area contributed by atoms with Crippen LogP contribution in [0.2, 0.25) is 5.28 Å². The lowest BCUT2D eigenvalue weighted by Gasteiger charge is -2.32. The van der Waals surface area contributed by atoms with Crippen molar-refractivity contribution in [3.63, 3.8) is 0 Å². The Labute approximate surface area is 183 Å². The number of morpholine rings is 1. The van der Waals surface area contributed by atoms with Crippen LogP contribution in [-0.4, -0.2) is 51.9 Å². The predicted molar refractivity (Wildman–Crippen MR) is 120 cm³/mol. The molecule has 0 radical (unpaired) electrons. The molecule has 5 rings (SSSR count). The number of halogens is 1. The molecule has 1 aliphatic heterocycles. The number of anilines is 2. The predicted octanol–water partition coefficient (Wildman–Crippen LogP) is 4.50. The summed E-state index contributed by atoms with van der Waals surface area (Å²) in [7, 11) is 0. The maximum atomic E-state index is 6.33. The zero-order chi connectivity index (χ0) is 20.5. The first-order valence-electron chi connectivity index (χ1n) is 11.7. The normalized spacial score (nSPS) is 22.3. The average molecular weight is 433 g/mol. The van der Waals surface area contributed by atoms with Crippen LogP contribution in [0.25, 0.3) is 11.2 Å². The van der Waals surface area contributed by atoms with Crippen molar-refractivity contribution in [2.75, 3.05) is 36.5 Å². The van der Waals surface area contributed by atoms with Gasteiger partial charge in [-0.3, -0.25) is 0 Å². The molecule has 1 atom stereocenters. The quantitative estimate of drug-likeness (QED) is 0.678. The molecule has 0 spiro atoms. The summed E-state index contributed by atoms with van der Waals surface area (Å²) in [5, 5.41) is 3.95. The van der Waals surface area contributed by atoms with Crippen molar-refractivity contribution in [3.05, 3.63) is 5.28 Å². The number of imidazole rings is 1. The molecule has 3 aliphatic rings. The van der Waals surface area contributed by atoms with Crippen molar-refractivity contribution in [1.82, 2.24) is 19.5 Å². The van der Waals surface area contributed by atoms with Crippen LogP contribution in [0.5, 0.6) is 0 Å². The second-order valence-corrected chi connectivity index (χ2v) is 9.60. The maximum Gasteiger partial charge on any atom is 0.226 e. The van der Waals surface area contributed by atoms with Gasteiger partial charge in [0.2, 0.25) is 11.2 Å². The van der Waals surface area contributed by atoms with Crippen LogP contribution in [0.15, 0.2) is 0 Å². The third-order valence-corrected chi connectivity index (χ3v) is 7.41. The average Bonchev–Trinajstić information content (AvgIpc) is 3.06. The number of hydrogen-bond acceptors (Lipinski definition) is 6. The number of fused-ring (bicyclic) bond motifs is 1. The minimum atomic E-state index is 0.265. The highest BCUT2D eigenvalue weighted by molar-refractivity contribution is 6.28. The maximum absolute atomic E-state index is 6.33. The summed E-state index contributed by atoms with van der Waals surface area (Å²) in [6, 6.07) is 0.373. The van der Waals surface area contributed by atoms with E-state index in [9.17, 15) is 0 Å². The van der Waals surface area contributed by atoms with Gasteiger partial charge >= 0.3 is 0 Å². The molecule has 164 valence electrons. The van der Waals surface area contributed by atoms with E-state index in [0.29, 0.717) is 23.5 Å². The number of rotatable bonds is 6. The zero-order valence-electron chi connectivity index (χ0n) is 17.9. The van der Waals surface area contributed by atoms with Gasteiger partial charge in [-0.2, -0.15) is 15.0 Å². The lowest BCUT2D eigenvalue weighted by atomic mass is 9.80. The standard InChI is InChI=1S/C22H33ClN6O/c1-15(17-8-5-9-17)24-19-18-20(26-21(23)25-19)27-22(28-10-12-30-13-11-28)29(18)14-16-6-3-2-4-7-16/h15-17H,2-14H2,1H3,(H,24,25,26). The minimum absolute atomic E-state index is 0.265. The molecule has 2 aromatic rings. The van der Waals surface area contributed by atoms with Gasteiger partial charge in [-0.25, -0.2) is 0 Å². The van der Waals surface area contributed by atoms with E-state index in [1.807, 2.05) is 0 Å². The van der Waals surface area contributed by atoms with Gasteiger partial charge in [-0.15, -0.1) is 0 Å². The van der Waals surface area contributed by atoms with E-state index in [1.165, 1.54) is 51.4 Å². The van der Waals surface area contributed by atoms with E-state index in [-0.39, 0.29) is 5.28 Å². The third-order valence-electron chi connectivity index (χ3n) is 7.24. The molecule has 8 heteroatoms. The van der Waals surface area contributed by atoms with E-state index in [1.54, 1.807) is 0 Å². The third kappa shape index (κ3) is 4.11. The van der Waals surface area contributed by atoms with Crippen molar-refractivity contribution in [2.45, 2.75) is 70.9 Å². The van der Waals surface area contributed by atoms with Gasteiger partial charge in [0.15, 0.2) is 11.5 Å². The van der Waals surface area contributed by atoms with Gasteiger partial charge in [0.05, 0.1) is 13.2 Å². The molecular weight excluding hydrogens is 400 g/mol. The fourth-order valence-electron chi connectivity index (χ4n) is 5.18. The summed E-state index contributed by atoms with van der Waals surface area (Å²) in [6.45, 7) is 6.43. The molecule has 1 N–H and O–H groups in total. The molecular formula is C22H33ClN6O. The molecule has 0 bridgehead atoms. The molecule has 2 aliphatic carbocycles. The topological polar surface area (TPSA) is 68.1 Å². The highest BCUT2D eigenvalue weighted by atomic mass is 35.5. The van der Waals surface area contributed by atoms with E-state index < -0.39 is 0 Å². The van der Waals surface area contributed by atoms with Crippen LogP contribution >= 0.6 is 11.6 Å². The summed E-state index contributed by atoms with van der Waals surface area (Å²) in [5.74, 6) is 3.23. The van der Waals surface area contributed by atoms with E-state index >= 15 is 0 Å². The smallest absolute Gasteiger partial charge is 0.226 e. The van der Waals surface area contributed by atoms with Crippen LogP contribution in [0.3, 0.4) is 0 Å². The second kappa shape index (κ2) is 8.87. The van der Waals surface area contributed by atoms with Crippen LogP contribution in [0, 0.1) is 11.8 Å². The molecule has 2 saturated carbocycles. The van der Waals surface area contributed by atoms with Crippen LogP contribution < -0.4 is 10.2 Å². The largest absolute Gasteiger partial charge is 0.378 e. The van der Waals surface area contributed by atoms with Crippen molar-refractivity contribution >= 4 is 34.5 Å². The Hall–Kier alpha value is -1.60. The van der Waals surface area contributed by atoms with E-state index in [4.69, 9.17) is 21.3 Å². The molecule has 0 aromatic carbocycles. The van der Waals surface area contributed by atoms with E-state index in [0.717, 1.165) is 50.1 Å². The molecule has 2 aromatic heterocycles. The SMILES string of the molecule is CC(Nc1nc(Cl)nc2nc(N3CCOCC3)n(CC3CCCCC3)c12)C1CCC1. The fraction of sp³-hybridized carbons (Fsp3) is 0.773. The van der Waals surface area contributed by atoms with Crippen molar-refractivity contribution in [2.24, 2.45) is 11.8 Å². The summed E-state index contributed by atoms with van der Waals surface area (Å²) in [5.41, 5.74) is 1.72.